The fraction of sp³-hybridized carbons (Fsp3) is 0.500. The van der Waals surface area contributed by atoms with Gasteiger partial charge in [0.25, 0.3) is 0 Å². The molecule has 0 radical (unpaired) electrons. The second-order valence-electron chi connectivity index (χ2n) is 10.5. The van der Waals surface area contributed by atoms with E-state index in [4.69, 9.17) is 0 Å². The fourth-order valence-corrected chi connectivity index (χ4v) is 5.21. The first-order valence-corrected chi connectivity index (χ1v) is 11.5. The fourth-order valence-electron chi connectivity index (χ4n) is 5.21. The van der Waals surface area contributed by atoms with Crippen molar-refractivity contribution in [3.63, 3.8) is 0 Å². The van der Waals surface area contributed by atoms with E-state index in [-0.39, 0.29) is 16.8 Å². The SMILES string of the molecule is CCCc1cc2cc(O)c(-c3ccc(N(C)C4CC(C)(C)NC(C)(C)C4)nn3)cc2cn1. The summed E-state index contributed by atoms with van der Waals surface area (Å²) in [6.45, 7) is 11.2. The number of aryl methyl sites for hydroxylation is 1. The minimum Gasteiger partial charge on any atom is -0.507 e. The van der Waals surface area contributed by atoms with Crippen molar-refractivity contribution in [3.05, 3.63) is 42.2 Å². The van der Waals surface area contributed by atoms with Crippen LogP contribution in [0.15, 0.2) is 36.5 Å². The van der Waals surface area contributed by atoms with Crippen molar-refractivity contribution in [1.82, 2.24) is 20.5 Å². The Bertz CT molecular complexity index is 1090. The summed E-state index contributed by atoms with van der Waals surface area (Å²) in [5.41, 5.74) is 2.51. The van der Waals surface area contributed by atoms with E-state index >= 15 is 0 Å². The summed E-state index contributed by atoms with van der Waals surface area (Å²) in [6.07, 6.45) is 5.93. The molecule has 0 atom stereocenters. The highest BCUT2D eigenvalue weighted by atomic mass is 16.3. The monoisotopic (exact) mass is 433 g/mol. The Morgan fingerprint density at radius 2 is 1.75 bits per heavy atom. The zero-order valence-electron chi connectivity index (χ0n) is 20.1. The molecule has 1 fully saturated rings. The predicted octanol–water partition coefficient (Wildman–Crippen LogP) is 5.10. The molecule has 0 saturated carbocycles. The second-order valence-corrected chi connectivity index (χ2v) is 10.5. The third-order valence-electron chi connectivity index (χ3n) is 6.40. The van der Waals surface area contributed by atoms with Gasteiger partial charge < -0.3 is 15.3 Å². The number of pyridine rings is 1. The maximum Gasteiger partial charge on any atom is 0.151 e. The number of aromatic nitrogens is 3. The number of anilines is 1. The largest absolute Gasteiger partial charge is 0.507 e. The molecule has 3 heterocycles. The summed E-state index contributed by atoms with van der Waals surface area (Å²) in [4.78, 5) is 6.78. The highest BCUT2D eigenvalue weighted by Crippen LogP contribution is 2.35. The van der Waals surface area contributed by atoms with Crippen LogP contribution in [0.5, 0.6) is 5.75 Å². The topological polar surface area (TPSA) is 74.2 Å². The summed E-state index contributed by atoms with van der Waals surface area (Å²) < 4.78 is 0. The van der Waals surface area contributed by atoms with Crippen molar-refractivity contribution in [2.45, 2.75) is 77.4 Å². The van der Waals surface area contributed by atoms with Crippen LogP contribution >= 0.6 is 0 Å². The second kappa shape index (κ2) is 8.32. The van der Waals surface area contributed by atoms with Crippen LogP contribution in [0.25, 0.3) is 22.0 Å². The minimum atomic E-state index is 0.0654. The first-order chi connectivity index (χ1) is 15.1. The standard InChI is InChI=1S/C26H35N5O/c1-7-8-19-11-17-13-23(32)21(12-18(17)16-27-19)22-9-10-24(29-28-22)31(6)20-14-25(2,3)30-26(4,5)15-20/h9-13,16,20,30,32H,7-8,14-15H2,1-6H3. The molecule has 0 aliphatic carbocycles. The van der Waals surface area contributed by atoms with Crippen LogP contribution < -0.4 is 10.2 Å². The van der Waals surface area contributed by atoms with Gasteiger partial charge in [0.15, 0.2) is 5.82 Å². The first-order valence-electron chi connectivity index (χ1n) is 11.5. The molecule has 170 valence electrons. The lowest BCUT2D eigenvalue weighted by Gasteiger charge is -2.49. The van der Waals surface area contributed by atoms with Crippen molar-refractivity contribution >= 4 is 16.6 Å². The Labute approximate surface area is 191 Å². The molecule has 6 heteroatoms. The van der Waals surface area contributed by atoms with Gasteiger partial charge in [-0.3, -0.25) is 4.98 Å². The number of benzene rings is 1. The number of fused-ring (bicyclic) bond motifs is 1. The van der Waals surface area contributed by atoms with Crippen molar-refractivity contribution in [3.8, 4) is 17.0 Å². The Kier molecular flexibility index (Phi) is 5.84. The van der Waals surface area contributed by atoms with Gasteiger partial charge in [-0.05, 0) is 82.7 Å². The average Bonchev–Trinajstić information content (AvgIpc) is 2.71. The van der Waals surface area contributed by atoms with E-state index in [1.54, 1.807) is 6.07 Å². The Morgan fingerprint density at radius 1 is 1.03 bits per heavy atom. The lowest BCUT2D eigenvalue weighted by Crippen LogP contribution is -2.62. The zero-order chi connectivity index (χ0) is 23.1. The minimum absolute atomic E-state index is 0.0654. The summed E-state index contributed by atoms with van der Waals surface area (Å²) in [5.74, 6) is 1.06. The van der Waals surface area contributed by atoms with E-state index < -0.39 is 0 Å². The molecule has 0 amide bonds. The molecular formula is C26H35N5O. The Morgan fingerprint density at radius 3 is 2.38 bits per heavy atom. The van der Waals surface area contributed by atoms with E-state index in [2.05, 4.69) is 67.1 Å². The Hall–Kier alpha value is -2.73. The van der Waals surface area contributed by atoms with Gasteiger partial charge in [-0.25, -0.2) is 0 Å². The molecule has 3 aromatic rings. The van der Waals surface area contributed by atoms with Crippen LogP contribution in [-0.4, -0.2) is 44.5 Å². The number of nitrogens with zero attached hydrogens (tertiary/aromatic N) is 4. The smallest absolute Gasteiger partial charge is 0.151 e. The van der Waals surface area contributed by atoms with Crippen LogP contribution in [0.1, 0.15) is 59.6 Å². The quantitative estimate of drug-likeness (QED) is 0.583. The molecule has 6 nitrogen and oxygen atoms in total. The van der Waals surface area contributed by atoms with E-state index in [1.807, 2.05) is 30.5 Å². The molecule has 1 aromatic carbocycles. The van der Waals surface area contributed by atoms with Crippen LogP contribution in [0.2, 0.25) is 0 Å². The first kappa shape index (κ1) is 22.5. The highest BCUT2D eigenvalue weighted by molar-refractivity contribution is 5.89. The van der Waals surface area contributed by atoms with Gasteiger partial charge in [0.2, 0.25) is 0 Å². The third kappa shape index (κ3) is 4.70. The zero-order valence-corrected chi connectivity index (χ0v) is 20.1. The molecule has 0 spiro atoms. The van der Waals surface area contributed by atoms with E-state index in [0.29, 0.717) is 17.3 Å². The van der Waals surface area contributed by atoms with Crippen LogP contribution in [0.3, 0.4) is 0 Å². The Balaban J connectivity index is 1.59. The maximum absolute atomic E-state index is 10.7. The number of rotatable bonds is 5. The maximum atomic E-state index is 10.7. The number of phenolic OH excluding ortho intramolecular Hbond substituents is 1. The molecule has 0 unspecified atom stereocenters. The number of aromatic hydroxyl groups is 1. The lowest BCUT2D eigenvalue weighted by molar-refractivity contribution is 0.160. The number of hydrogen-bond donors (Lipinski definition) is 2. The van der Waals surface area contributed by atoms with E-state index in [1.165, 1.54) is 0 Å². The van der Waals surface area contributed by atoms with Crippen molar-refractivity contribution in [2.24, 2.45) is 0 Å². The summed E-state index contributed by atoms with van der Waals surface area (Å²) in [7, 11) is 2.10. The van der Waals surface area contributed by atoms with Gasteiger partial charge in [0, 0.05) is 47.0 Å². The van der Waals surface area contributed by atoms with Gasteiger partial charge in [0.1, 0.15) is 5.75 Å². The van der Waals surface area contributed by atoms with Crippen molar-refractivity contribution < 1.29 is 5.11 Å². The van der Waals surface area contributed by atoms with Crippen molar-refractivity contribution in [2.75, 3.05) is 11.9 Å². The molecule has 1 aliphatic rings. The number of nitrogens with one attached hydrogen (secondary N) is 1. The summed E-state index contributed by atoms with van der Waals surface area (Å²) in [6, 6.07) is 10.1. The molecule has 2 N–H and O–H groups in total. The summed E-state index contributed by atoms with van der Waals surface area (Å²) >= 11 is 0. The molecule has 0 bridgehead atoms. The molecular weight excluding hydrogens is 398 g/mol. The van der Waals surface area contributed by atoms with Crippen LogP contribution in [0, 0.1) is 0 Å². The molecule has 4 rings (SSSR count). The van der Waals surface area contributed by atoms with E-state index in [9.17, 15) is 5.11 Å². The van der Waals surface area contributed by atoms with Gasteiger partial charge in [-0.2, -0.15) is 0 Å². The van der Waals surface area contributed by atoms with E-state index in [0.717, 1.165) is 48.0 Å². The third-order valence-corrected chi connectivity index (χ3v) is 6.40. The highest BCUT2D eigenvalue weighted by Gasteiger charge is 2.39. The van der Waals surface area contributed by atoms with Crippen LogP contribution in [0.4, 0.5) is 5.82 Å². The molecule has 2 aromatic heterocycles. The molecule has 1 aliphatic heterocycles. The van der Waals surface area contributed by atoms with Crippen molar-refractivity contribution in [1.29, 1.82) is 0 Å². The number of piperidine rings is 1. The average molecular weight is 434 g/mol. The lowest BCUT2D eigenvalue weighted by atomic mass is 9.79. The van der Waals surface area contributed by atoms with Gasteiger partial charge in [-0.15, -0.1) is 10.2 Å². The van der Waals surface area contributed by atoms with Gasteiger partial charge >= 0.3 is 0 Å². The van der Waals surface area contributed by atoms with Gasteiger partial charge in [-0.1, -0.05) is 13.3 Å². The van der Waals surface area contributed by atoms with Gasteiger partial charge in [0.05, 0.1) is 5.69 Å². The molecule has 32 heavy (non-hydrogen) atoms. The van der Waals surface area contributed by atoms with Crippen LogP contribution in [-0.2, 0) is 6.42 Å². The predicted molar refractivity (Wildman–Crippen MR) is 131 cm³/mol. The summed E-state index contributed by atoms with van der Waals surface area (Å²) in [5, 5.41) is 25.4. The normalized spacial score (nSPS) is 18.1. The molecule has 1 saturated heterocycles. The number of hydrogen-bond acceptors (Lipinski definition) is 6. The number of phenols is 1.